The van der Waals surface area contributed by atoms with Crippen LogP contribution in [0.5, 0.6) is 0 Å². The van der Waals surface area contributed by atoms with E-state index in [1.807, 2.05) is 0 Å². The molecule has 0 fully saturated rings. The second-order valence-electron chi connectivity index (χ2n) is 2.86. The Morgan fingerprint density at radius 1 is 1.50 bits per heavy atom. The minimum atomic E-state index is -0.531. The van der Waals surface area contributed by atoms with E-state index in [2.05, 4.69) is 26.0 Å². The molecule has 0 bridgehead atoms. The van der Waals surface area contributed by atoms with Crippen LogP contribution >= 0.6 is 27.5 Å². The van der Waals surface area contributed by atoms with Crippen LogP contribution < -0.4 is 0 Å². The molecule has 0 unspecified atom stereocenters. The lowest BCUT2D eigenvalue weighted by atomic mass is 10.4. The summed E-state index contributed by atoms with van der Waals surface area (Å²) in [5.74, 6) is 0.345. The van der Waals surface area contributed by atoms with E-state index in [4.69, 9.17) is 11.6 Å². The van der Waals surface area contributed by atoms with Gasteiger partial charge in [0.2, 0.25) is 0 Å². The average molecular weight is 304 g/mol. The molecule has 0 aliphatic heterocycles. The van der Waals surface area contributed by atoms with Crippen LogP contribution in [0.4, 0.5) is 5.69 Å². The molecular weight excluding hydrogens is 299 g/mol. The molecule has 2 heterocycles. The molecule has 82 valence electrons. The summed E-state index contributed by atoms with van der Waals surface area (Å²) < 4.78 is 1.98. The zero-order valence-corrected chi connectivity index (χ0v) is 10.0. The number of halogens is 2. The number of hydrogen-bond donors (Lipinski definition) is 0. The molecular formula is C8H4BrClN4O2. The Balaban J connectivity index is 2.46. The smallest absolute Gasteiger partial charge is 0.258 e. The summed E-state index contributed by atoms with van der Waals surface area (Å²) in [6.45, 7) is 0. The molecule has 8 heteroatoms. The van der Waals surface area contributed by atoms with Gasteiger partial charge in [-0.1, -0.05) is 11.6 Å². The largest absolute Gasteiger partial charge is 0.307 e. The van der Waals surface area contributed by atoms with Crippen molar-refractivity contribution in [1.29, 1.82) is 0 Å². The molecule has 0 atom stereocenters. The summed E-state index contributed by atoms with van der Waals surface area (Å²) in [5.41, 5.74) is -0.110. The highest BCUT2D eigenvalue weighted by Crippen LogP contribution is 2.22. The van der Waals surface area contributed by atoms with E-state index in [1.54, 1.807) is 6.07 Å². The van der Waals surface area contributed by atoms with Crippen molar-refractivity contribution in [3.05, 3.63) is 44.3 Å². The van der Waals surface area contributed by atoms with Gasteiger partial charge in [-0.05, 0) is 22.0 Å². The summed E-state index contributed by atoms with van der Waals surface area (Å²) in [6, 6.07) is 1.64. The molecule has 0 aliphatic carbocycles. The monoisotopic (exact) mass is 302 g/mol. The highest BCUT2D eigenvalue weighted by atomic mass is 79.9. The Kier molecular flexibility index (Phi) is 2.88. The summed E-state index contributed by atoms with van der Waals surface area (Å²) >= 11 is 9.14. The summed E-state index contributed by atoms with van der Waals surface area (Å²) in [6.07, 6.45) is 3.93. The van der Waals surface area contributed by atoms with Crippen molar-refractivity contribution in [3.8, 4) is 5.82 Å². The van der Waals surface area contributed by atoms with Crippen molar-refractivity contribution in [3.63, 3.8) is 0 Å². The number of pyridine rings is 1. The fourth-order valence-corrected chi connectivity index (χ4v) is 1.82. The third-order valence-electron chi connectivity index (χ3n) is 1.79. The molecule has 0 amide bonds. The van der Waals surface area contributed by atoms with E-state index in [1.165, 1.54) is 17.1 Å². The number of aromatic nitrogens is 3. The lowest BCUT2D eigenvalue weighted by molar-refractivity contribution is -0.384. The topological polar surface area (TPSA) is 73.8 Å². The molecule has 2 aromatic heterocycles. The highest BCUT2D eigenvalue weighted by Gasteiger charge is 2.12. The summed E-state index contributed by atoms with van der Waals surface area (Å²) in [7, 11) is 0. The molecule has 0 N–H and O–H groups in total. The van der Waals surface area contributed by atoms with E-state index in [0.717, 1.165) is 10.7 Å². The van der Waals surface area contributed by atoms with Crippen molar-refractivity contribution in [2.75, 3.05) is 0 Å². The standard InChI is InChI=1S/C8H4BrClN4O2/c9-5-1-7(10)8(11-2-5)13-4-6(3-12-13)14(15)16/h1-4H. The van der Waals surface area contributed by atoms with Gasteiger partial charge in [0.1, 0.15) is 12.4 Å². The first-order valence-corrected chi connectivity index (χ1v) is 5.25. The fraction of sp³-hybridized carbons (Fsp3) is 0. The van der Waals surface area contributed by atoms with Crippen LogP contribution in [0.25, 0.3) is 5.82 Å². The molecule has 0 aromatic carbocycles. The first-order chi connectivity index (χ1) is 7.58. The zero-order valence-electron chi connectivity index (χ0n) is 7.67. The van der Waals surface area contributed by atoms with Crippen LogP contribution in [0.3, 0.4) is 0 Å². The number of nitro groups is 1. The Morgan fingerprint density at radius 3 is 2.81 bits per heavy atom. The van der Waals surface area contributed by atoms with Crippen molar-refractivity contribution >= 4 is 33.2 Å². The second kappa shape index (κ2) is 4.18. The number of hydrogen-bond acceptors (Lipinski definition) is 4. The van der Waals surface area contributed by atoms with Crippen molar-refractivity contribution in [2.24, 2.45) is 0 Å². The van der Waals surface area contributed by atoms with E-state index in [0.29, 0.717) is 10.8 Å². The lowest BCUT2D eigenvalue weighted by Gasteiger charge is -2.01. The summed E-state index contributed by atoms with van der Waals surface area (Å²) in [5, 5.41) is 14.6. The minimum absolute atomic E-state index is 0.110. The van der Waals surface area contributed by atoms with Crippen LogP contribution in [-0.4, -0.2) is 19.7 Å². The van der Waals surface area contributed by atoms with Crippen LogP contribution in [0.1, 0.15) is 0 Å². The quantitative estimate of drug-likeness (QED) is 0.631. The van der Waals surface area contributed by atoms with Gasteiger partial charge in [-0.15, -0.1) is 0 Å². The van der Waals surface area contributed by atoms with Crippen LogP contribution in [0.15, 0.2) is 29.1 Å². The third-order valence-corrected chi connectivity index (χ3v) is 2.50. The maximum Gasteiger partial charge on any atom is 0.307 e. The molecule has 16 heavy (non-hydrogen) atoms. The second-order valence-corrected chi connectivity index (χ2v) is 4.18. The van der Waals surface area contributed by atoms with Gasteiger partial charge in [0.15, 0.2) is 5.82 Å². The van der Waals surface area contributed by atoms with Crippen molar-refractivity contribution in [2.45, 2.75) is 0 Å². The Hall–Kier alpha value is -1.47. The Morgan fingerprint density at radius 2 is 2.25 bits per heavy atom. The van der Waals surface area contributed by atoms with E-state index in [-0.39, 0.29) is 5.69 Å². The Labute approximate surface area is 103 Å². The molecule has 0 saturated heterocycles. The third kappa shape index (κ3) is 2.05. The van der Waals surface area contributed by atoms with Gasteiger partial charge in [0, 0.05) is 10.7 Å². The SMILES string of the molecule is O=[N+]([O-])c1cnn(-c2ncc(Br)cc2Cl)c1. The predicted octanol–water partition coefficient (Wildman–Crippen LogP) is 2.59. The first-order valence-electron chi connectivity index (χ1n) is 4.08. The number of rotatable bonds is 2. The molecule has 2 rings (SSSR count). The lowest BCUT2D eigenvalue weighted by Crippen LogP contribution is -1.98. The average Bonchev–Trinajstić information content (AvgIpc) is 2.66. The van der Waals surface area contributed by atoms with Crippen LogP contribution in [0, 0.1) is 10.1 Å². The molecule has 0 radical (unpaired) electrons. The van der Waals surface area contributed by atoms with Crippen LogP contribution in [0.2, 0.25) is 5.02 Å². The van der Waals surface area contributed by atoms with Gasteiger partial charge >= 0.3 is 5.69 Å². The van der Waals surface area contributed by atoms with E-state index < -0.39 is 4.92 Å². The van der Waals surface area contributed by atoms with Gasteiger partial charge in [-0.2, -0.15) is 5.10 Å². The van der Waals surface area contributed by atoms with E-state index in [9.17, 15) is 10.1 Å². The first kappa shape index (κ1) is 11.0. The van der Waals surface area contributed by atoms with Gasteiger partial charge < -0.3 is 0 Å². The fourth-order valence-electron chi connectivity index (χ4n) is 1.10. The normalized spacial score (nSPS) is 10.4. The van der Waals surface area contributed by atoms with Gasteiger partial charge in [0.05, 0.1) is 9.95 Å². The predicted molar refractivity (Wildman–Crippen MR) is 60.7 cm³/mol. The van der Waals surface area contributed by atoms with E-state index >= 15 is 0 Å². The maximum absolute atomic E-state index is 10.5. The highest BCUT2D eigenvalue weighted by molar-refractivity contribution is 9.10. The van der Waals surface area contributed by atoms with Crippen LogP contribution in [-0.2, 0) is 0 Å². The summed E-state index contributed by atoms with van der Waals surface area (Å²) in [4.78, 5) is 14.0. The molecule has 0 saturated carbocycles. The van der Waals surface area contributed by atoms with Gasteiger partial charge in [-0.3, -0.25) is 10.1 Å². The molecule has 0 spiro atoms. The number of nitrogens with zero attached hydrogens (tertiary/aromatic N) is 4. The molecule has 6 nitrogen and oxygen atoms in total. The van der Waals surface area contributed by atoms with Gasteiger partial charge in [-0.25, -0.2) is 9.67 Å². The molecule has 0 aliphatic rings. The minimum Gasteiger partial charge on any atom is -0.258 e. The van der Waals surface area contributed by atoms with Gasteiger partial charge in [0.25, 0.3) is 0 Å². The molecule has 2 aromatic rings. The van der Waals surface area contributed by atoms with Crippen molar-refractivity contribution in [1.82, 2.24) is 14.8 Å². The Bertz CT molecular complexity index is 557. The van der Waals surface area contributed by atoms with Crippen molar-refractivity contribution < 1.29 is 4.92 Å². The maximum atomic E-state index is 10.5. The zero-order chi connectivity index (χ0) is 11.7.